The third-order valence-electron chi connectivity index (χ3n) is 2.18. The van der Waals surface area contributed by atoms with Crippen LogP contribution in [0, 0.1) is 3.57 Å². The van der Waals surface area contributed by atoms with E-state index in [4.69, 9.17) is 0 Å². The summed E-state index contributed by atoms with van der Waals surface area (Å²) in [5.41, 5.74) is 0.806. The SMILES string of the molecule is O=C1CC(=O)N(c2cc(Br)ccc2I)C1. The molecule has 0 spiro atoms. The first-order valence-corrected chi connectivity index (χ1v) is 6.22. The molecule has 0 aromatic heterocycles. The van der Waals surface area contributed by atoms with Gasteiger partial charge in [-0.25, -0.2) is 0 Å². The quantitative estimate of drug-likeness (QED) is 0.555. The van der Waals surface area contributed by atoms with Crippen molar-refractivity contribution in [1.29, 1.82) is 0 Å². The first-order chi connectivity index (χ1) is 7.08. The highest BCUT2D eigenvalue weighted by atomic mass is 127. The minimum atomic E-state index is -0.115. The van der Waals surface area contributed by atoms with E-state index in [2.05, 4.69) is 38.5 Å². The van der Waals surface area contributed by atoms with Gasteiger partial charge in [0.15, 0.2) is 5.78 Å². The molecule has 0 radical (unpaired) electrons. The summed E-state index contributed by atoms with van der Waals surface area (Å²) in [6.07, 6.45) is 0.0304. The zero-order valence-electron chi connectivity index (χ0n) is 7.67. The normalized spacial score (nSPS) is 16.3. The standard InChI is InChI=1S/C10H7BrINO2/c11-6-1-2-8(12)9(3-6)13-5-7(14)4-10(13)15/h1-3H,4-5H2. The van der Waals surface area contributed by atoms with Crippen molar-refractivity contribution in [2.45, 2.75) is 6.42 Å². The van der Waals surface area contributed by atoms with Crippen LogP contribution in [0.1, 0.15) is 6.42 Å². The van der Waals surface area contributed by atoms with Crippen LogP contribution < -0.4 is 4.90 Å². The average molecular weight is 380 g/mol. The van der Waals surface area contributed by atoms with Crippen LogP contribution in [0.4, 0.5) is 5.69 Å². The molecule has 1 aromatic rings. The summed E-state index contributed by atoms with van der Waals surface area (Å²) in [4.78, 5) is 24.2. The number of halogens is 2. The van der Waals surface area contributed by atoms with Gasteiger partial charge in [-0.1, -0.05) is 15.9 Å². The average Bonchev–Trinajstić information content (AvgIpc) is 2.50. The van der Waals surface area contributed by atoms with E-state index in [1.165, 1.54) is 4.90 Å². The Kier molecular flexibility index (Phi) is 3.11. The van der Waals surface area contributed by atoms with E-state index in [9.17, 15) is 9.59 Å². The molecule has 15 heavy (non-hydrogen) atoms. The van der Waals surface area contributed by atoms with Crippen molar-refractivity contribution in [2.24, 2.45) is 0 Å². The molecule has 0 bridgehead atoms. The van der Waals surface area contributed by atoms with E-state index in [0.29, 0.717) is 0 Å². The third-order valence-corrected chi connectivity index (χ3v) is 3.59. The third kappa shape index (κ3) is 2.23. The van der Waals surface area contributed by atoms with Gasteiger partial charge in [-0.15, -0.1) is 0 Å². The van der Waals surface area contributed by atoms with Gasteiger partial charge < -0.3 is 4.90 Å². The number of hydrogen-bond donors (Lipinski definition) is 0. The maximum atomic E-state index is 11.5. The Morgan fingerprint density at radius 2 is 2.07 bits per heavy atom. The number of rotatable bonds is 1. The molecule has 2 rings (SSSR count). The molecule has 1 fully saturated rings. The number of benzene rings is 1. The van der Waals surface area contributed by atoms with Crippen molar-refractivity contribution in [3.8, 4) is 0 Å². The zero-order chi connectivity index (χ0) is 11.0. The zero-order valence-corrected chi connectivity index (χ0v) is 11.4. The number of anilines is 1. The van der Waals surface area contributed by atoms with E-state index < -0.39 is 0 Å². The highest BCUT2D eigenvalue weighted by Gasteiger charge is 2.29. The van der Waals surface area contributed by atoms with Crippen molar-refractivity contribution in [3.63, 3.8) is 0 Å². The van der Waals surface area contributed by atoms with Gasteiger partial charge in [0.05, 0.1) is 18.7 Å². The summed E-state index contributed by atoms with van der Waals surface area (Å²) in [5.74, 6) is -0.133. The van der Waals surface area contributed by atoms with Gasteiger partial charge in [0, 0.05) is 8.04 Å². The fraction of sp³-hybridized carbons (Fsp3) is 0.200. The van der Waals surface area contributed by atoms with Crippen LogP contribution in [-0.2, 0) is 9.59 Å². The first kappa shape index (κ1) is 11.1. The number of Topliss-reactive ketones (excluding diaryl/α,β-unsaturated/α-hetero) is 1. The van der Waals surface area contributed by atoms with Crippen molar-refractivity contribution < 1.29 is 9.59 Å². The molecule has 1 amide bonds. The lowest BCUT2D eigenvalue weighted by atomic mass is 10.3. The number of amides is 1. The van der Waals surface area contributed by atoms with Gasteiger partial charge in [0.2, 0.25) is 5.91 Å². The van der Waals surface area contributed by atoms with Crippen LogP contribution in [0.3, 0.4) is 0 Å². The predicted octanol–water partition coefficient (Wildman–Crippen LogP) is 2.36. The molecule has 0 N–H and O–H groups in total. The van der Waals surface area contributed by atoms with E-state index >= 15 is 0 Å². The maximum Gasteiger partial charge on any atom is 0.234 e. The van der Waals surface area contributed by atoms with Gasteiger partial charge in [0.25, 0.3) is 0 Å². The smallest absolute Gasteiger partial charge is 0.234 e. The minimum Gasteiger partial charge on any atom is -0.303 e. The monoisotopic (exact) mass is 379 g/mol. The number of nitrogens with zero attached hydrogens (tertiary/aromatic N) is 1. The Morgan fingerprint density at radius 1 is 1.33 bits per heavy atom. The van der Waals surface area contributed by atoms with E-state index in [1.54, 1.807) is 0 Å². The van der Waals surface area contributed by atoms with Crippen LogP contribution in [-0.4, -0.2) is 18.2 Å². The molecule has 0 saturated carbocycles. The second-order valence-corrected chi connectivity index (χ2v) is 5.37. The summed E-state index contributed by atoms with van der Waals surface area (Å²) in [7, 11) is 0. The molecular weight excluding hydrogens is 373 g/mol. The minimum absolute atomic E-state index is 0.0178. The number of carbonyl (C=O) groups excluding carboxylic acids is 2. The topological polar surface area (TPSA) is 37.4 Å². The van der Waals surface area contributed by atoms with Gasteiger partial charge in [-0.3, -0.25) is 9.59 Å². The van der Waals surface area contributed by atoms with E-state index in [-0.39, 0.29) is 24.7 Å². The summed E-state index contributed by atoms with van der Waals surface area (Å²) < 4.78 is 1.88. The Labute approximate surface area is 109 Å². The van der Waals surface area contributed by atoms with E-state index in [0.717, 1.165) is 13.7 Å². The number of ketones is 1. The molecule has 1 aromatic carbocycles. The Hall–Kier alpha value is -0.430. The summed E-state index contributed by atoms with van der Waals surface area (Å²) in [6, 6.07) is 5.68. The molecule has 1 aliphatic heterocycles. The molecule has 1 heterocycles. The summed E-state index contributed by atoms with van der Waals surface area (Å²) in [5, 5.41) is 0. The Balaban J connectivity index is 2.41. The van der Waals surface area contributed by atoms with Crippen LogP contribution in [0.15, 0.2) is 22.7 Å². The molecule has 78 valence electrons. The van der Waals surface area contributed by atoms with Crippen molar-refractivity contribution >= 4 is 55.9 Å². The number of hydrogen-bond acceptors (Lipinski definition) is 2. The van der Waals surface area contributed by atoms with Crippen molar-refractivity contribution in [2.75, 3.05) is 11.4 Å². The molecular formula is C10H7BrINO2. The summed E-state index contributed by atoms with van der Waals surface area (Å²) in [6.45, 7) is 0.200. The van der Waals surface area contributed by atoms with Gasteiger partial charge in [-0.05, 0) is 40.8 Å². The van der Waals surface area contributed by atoms with Crippen molar-refractivity contribution in [3.05, 3.63) is 26.2 Å². The highest BCUT2D eigenvalue weighted by Crippen LogP contribution is 2.28. The molecule has 1 aliphatic rings. The van der Waals surface area contributed by atoms with Crippen LogP contribution in [0.5, 0.6) is 0 Å². The predicted molar refractivity (Wildman–Crippen MR) is 68.8 cm³/mol. The molecule has 0 aliphatic carbocycles. The fourth-order valence-electron chi connectivity index (χ4n) is 1.50. The first-order valence-electron chi connectivity index (χ1n) is 4.35. The maximum absolute atomic E-state index is 11.5. The summed E-state index contributed by atoms with van der Waals surface area (Å²) >= 11 is 5.51. The lowest BCUT2D eigenvalue weighted by molar-refractivity contribution is -0.121. The van der Waals surface area contributed by atoms with Crippen LogP contribution in [0.25, 0.3) is 0 Å². The van der Waals surface area contributed by atoms with Crippen molar-refractivity contribution in [1.82, 2.24) is 0 Å². The van der Waals surface area contributed by atoms with Gasteiger partial charge >= 0.3 is 0 Å². The fourth-order valence-corrected chi connectivity index (χ4v) is 2.47. The second kappa shape index (κ2) is 4.21. The number of carbonyl (C=O) groups is 2. The molecule has 5 heteroatoms. The van der Waals surface area contributed by atoms with E-state index in [1.807, 2.05) is 18.2 Å². The van der Waals surface area contributed by atoms with Crippen LogP contribution in [0.2, 0.25) is 0 Å². The lowest BCUT2D eigenvalue weighted by Crippen LogP contribution is -2.25. The Morgan fingerprint density at radius 3 is 2.67 bits per heavy atom. The largest absolute Gasteiger partial charge is 0.303 e. The molecule has 3 nitrogen and oxygen atoms in total. The Bertz CT molecular complexity index is 447. The molecule has 0 atom stereocenters. The highest BCUT2D eigenvalue weighted by molar-refractivity contribution is 14.1. The lowest BCUT2D eigenvalue weighted by Gasteiger charge is -2.16. The van der Waals surface area contributed by atoms with Crippen LogP contribution >= 0.6 is 38.5 Å². The second-order valence-electron chi connectivity index (χ2n) is 3.29. The molecule has 0 unspecified atom stereocenters. The molecule has 1 saturated heterocycles. The van der Waals surface area contributed by atoms with Gasteiger partial charge in [0.1, 0.15) is 0 Å². The van der Waals surface area contributed by atoms with Gasteiger partial charge in [-0.2, -0.15) is 0 Å².